The first-order chi connectivity index (χ1) is 16.4. The zero-order valence-corrected chi connectivity index (χ0v) is 19.7. The van der Waals surface area contributed by atoms with E-state index in [1.807, 2.05) is 6.07 Å². The normalized spacial score (nSPS) is 13.5. The summed E-state index contributed by atoms with van der Waals surface area (Å²) in [5.74, 6) is 0.255. The van der Waals surface area contributed by atoms with E-state index < -0.39 is 21.8 Å². The van der Waals surface area contributed by atoms with Crippen molar-refractivity contribution >= 4 is 27.4 Å². The van der Waals surface area contributed by atoms with E-state index in [2.05, 4.69) is 20.3 Å². The van der Waals surface area contributed by atoms with Gasteiger partial charge in [0.15, 0.2) is 0 Å². The summed E-state index contributed by atoms with van der Waals surface area (Å²) in [4.78, 5) is 23.8. The molecule has 0 unspecified atom stereocenters. The summed E-state index contributed by atoms with van der Waals surface area (Å²) >= 11 is 0. The van der Waals surface area contributed by atoms with Gasteiger partial charge in [-0.05, 0) is 41.7 Å². The first-order valence-electron chi connectivity index (χ1n) is 10.6. The van der Waals surface area contributed by atoms with Crippen LogP contribution in [-0.4, -0.2) is 42.6 Å². The van der Waals surface area contributed by atoms with Gasteiger partial charge in [0.1, 0.15) is 11.6 Å². The zero-order chi connectivity index (χ0) is 25.4. The highest BCUT2D eigenvalue weighted by molar-refractivity contribution is 7.92. The molecule has 1 aliphatic heterocycles. The molecule has 8 nitrogen and oxygen atoms in total. The van der Waals surface area contributed by atoms with E-state index in [9.17, 15) is 26.4 Å². The van der Waals surface area contributed by atoms with E-state index in [1.54, 1.807) is 24.3 Å². The van der Waals surface area contributed by atoms with Gasteiger partial charge in [-0.1, -0.05) is 18.2 Å². The predicted octanol–water partition coefficient (Wildman–Crippen LogP) is 3.16. The summed E-state index contributed by atoms with van der Waals surface area (Å²) in [6.45, 7) is 0. The van der Waals surface area contributed by atoms with Crippen molar-refractivity contribution in [2.24, 2.45) is 0 Å². The van der Waals surface area contributed by atoms with Gasteiger partial charge in [-0.2, -0.15) is 13.2 Å². The Labute approximate surface area is 200 Å². The molecule has 0 saturated carbocycles. The molecule has 4 rings (SSSR count). The Morgan fingerprint density at radius 1 is 1.14 bits per heavy atom. The Morgan fingerprint density at radius 2 is 1.91 bits per heavy atom. The van der Waals surface area contributed by atoms with Crippen LogP contribution in [0, 0.1) is 0 Å². The Kier molecular flexibility index (Phi) is 6.50. The summed E-state index contributed by atoms with van der Waals surface area (Å²) in [6.07, 6.45) is -0.978. The number of amides is 1. The molecule has 1 N–H and O–H groups in total. The Bertz CT molecular complexity index is 1390. The molecule has 0 fully saturated rings. The summed E-state index contributed by atoms with van der Waals surface area (Å²) in [5.41, 5.74) is 1.67. The van der Waals surface area contributed by atoms with E-state index in [0.717, 1.165) is 33.6 Å². The molecule has 3 aromatic rings. The predicted molar refractivity (Wildman–Crippen MR) is 124 cm³/mol. The molecule has 0 bridgehead atoms. The lowest BCUT2D eigenvalue weighted by Crippen LogP contribution is -2.27. The number of halogens is 3. The van der Waals surface area contributed by atoms with E-state index in [-0.39, 0.29) is 48.9 Å². The van der Waals surface area contributed by atoms with Crippen molar-refractivity contribution < 1.29 is 26.4 Å². The number of carbonyl (C=O) groups excluding carboxylic acids is 1. The van der Waals surface area contributed by atoms with Crippen LogP contribution in [0.3, 0.4) is 0 Å². The number of aryl methyl sites for hydroxylation is 2. The Morgan fingerprint density at radius 3 is 2.63 bits per heavy atom. The molecule has 12 heteroatoms. The molecule has 184 valence electrons. The fourth-order valence-corrected chi connectivity index (χ4v) is 4.34. The van der Waals surface area contributed by atoms with Crippen molar-refractivity contribution in [1.82, 2.24) is 15.0 Å². The number of sulfonamides is 1. The van der Waals surface area contributed by atoms with E-state index in [1.165, 1.54) is 13.2 Å². The third-order valence-electron chi connectivity index (χ3n) is 5.67. The number of alkyl halides is 3. The Balaban J connectivity index is 1.61. The van der Waals surface area contributed by atoms with Crippen molar-refractivity contribution in [3.05, 3.63) is 76.5 Å². The van der Waals surface area contributed by atoms with Gasteiger partial charge in [0.25, 0.3) is 0 Å². The Hall–Kier alpha value is -3.54. The molecule has 1 aromatic carbocycles. The van der Waals surface area contributed by atoms with Crippen molar-refractivity contribution in [3.63, 3.8) is 0 Å². The van der Waals surface area contributed by atoms with Gasteiger partial charge in [0.2, 0.25) is 15.9 Å². The highest BCUT2D eigenvalue weighted by atomic mass is 32.2. The number of hydrogen-bond acceptors (Lipinski definition) is 6. The largest absolute Gasteiger partial charge is 0.419 e. The lowest BCUT2D eigenvalue weighted by Gasteiger charge is -2.19. The number of hydrogen-bond donors (Lipinski definition) is 1. The molecule has 0 saturated heterocycles. The first-order valence-corrected chi connectivity index (χ1v) is 12.5. The van der Waals surface area contributed by atoms with E-state index in [0.29, 0.717) is 5.56 Å². The van der Waals surface area contributed by atoms with Crippen LogP contribution < -0.4 is 9.62 Å². The van der Waals surface area contributed by atoms with Gasteiger partial charge in [0, 0.05) is 31.5 Å². The van der Waals surface area contributed by atoms with Gasteiger partial charge in [-0.3, -0.25) is 9.10 Å². The molecule has 1 aliphatic rings. The van der Waals surface area contributed by atoms with Crippen LogP contribution in [-0.2, 0) is 46.7 Å². The molecular weight excluding hydrogens is 483 g/mol. The van der Waals surface area contributed by atoms with Crippen LogP contribution in [0.25, 0.3) is 0 Å². The number of rotatable bonds is 7. The van der Waals surface area contributed by atoms with Gasteiger partial charge < -0.3 is 5.32 Å². The topological polar surface area (TPSA) is 105 Å². The number of fused-ring (bicyclic) bond motifs is 1. The number of aromatic nitrogens is 3. The average Bonchev–Trinajstić information content (AvgIpc) is 3.15. The second kappa shape index (κ2) is 9.25. The average molecular weight is 506 g/mol. The molecule has 3 heterocycles. The third-order valence-corrected chi connectivity index (χ3v) is 6.84. The van der Waals surface area contributed by atoms with E-state index >= 15 is 0 Å². The van der Waals surface area contributed by atoms with Crippen LogP contribution in [0.2, 0.25) is 0 Å². The van der Waals surface area contributed by atoms with Crippen molar-refractivity contribution in [2.45, 2.75) is 31.9 Å². The summed E-state index contributed by atoms with van der Waals surface area (Å²) < 4.78 is 65.9. The SMILES string of the molecule is CN(c1ncccc1CCc1nc(Cc2ccc3c(c2)CC(=O)N3)ncc1C(F)(F)F)S(C)(=O)=O. The number of pyridine rings is 1. The van der Waals surface area contributed by atoms with Crippen LogP contribution >= 0.6 is 0 Å². The summed E-state index contributed by atoms with van der Waals surface area (Å²) in [5, 5.41) is 2.73. The maximum Gasteiger partial charge on any atom is 0.419 e. The maximum atomic E-state index is 13.7. The quantitative estimate of drug-likeness (QED) is 0.529. The molecule has 1 amide bonds. The minimum atomic E-state index is -4.64. The molecule has 0 atom stereocenters. The lowest BCUT2D eigenvalue weighted by atomic mass is 10.0. The number of nitrogens with one attached hydrogen (secondary N) is 1. The lowest BCUT2D eigenvalue weighted by molar-refractivity contribution is -0.138. The van der Waals surface area contributed by atoms with Crippen LogP contribution in [0.4, 0.5) is 24.7 Å². The molecular formula is C23H22F3N5O3S. The number of nitrogens with zero attached hydrogens (tertiary/aromatic N) is 4. The number of anilines is 2. The van der Waals surface area contributed by atoms with E-state index in [4.69, 9.17) is 0 Å². The van der Waals surface area contributed by atoms with Gasteiger partial charge >= 0.3 is 6.18 Å². The van der Waals surface area contributed by atoms with Crippen LogP contribution in [0.5, 0.6) is 0 Å². The van der Waals surface area contributed by atoms with Crippen molar-refractivity contribution in [3.8, 4) is 0 Å². The molecule has 0 radical (unpaired) electrons. The smallest absolute Gasteiger partial charge is 0.326 e. The van der Waals surface area contributed by atoms with Crippen molar-refractivity contribution in [1.29, 1.82) is 0 Å². The molecule has 0 aliphatic carbocycles. The third kappa shape index (κ3) is 5.59. The summed E-state index contributed by atoms with van der Waals surface area (Å²) in [7, 11) is -2.26. The minimum absolute atomic E-state index is 0.0925. The highest BCUT2D eigenvalue weighted by Crippen LogP contribution is 2.32. The van der Waals surface area contributed by atoms with Crippen molar-refractivity contribution in [2.75, 3.05) is 22.9 Å². The van der Waals surface area contributed by atoms with Gasteiger partial charge in [-0.25, -0.2) is 23.4 Å². The monoisotopic (exact) mass is 505 g/mol. The maximum absolute atomic E-state index is 13.7. The van der Waals surface area contributed by atoms with Gasteiger partial charge in [0.05, 0.1) is 23.9 Å². The second-order valence-electron chi connectivity index (χ2n) is 8.25. The number of carbonyl (C=O) groups is 1. The molecule has 35 heavy (non-hydrogen) atoms. The van der Waals surface area contributed by atoms with Crippen LogP contribution in [0.15, 0.2) is 42.7 Å². The summed E-state index contributed by atoms with van der Waals surface area (Å²) in [6, 6.07) is 8.56. The van der Waals surface area contributed by atoms with Crippen LogP contribution in [0.1, 0.15) is 33.8 Å². The fraction of sp³-hybridized carbons (Fsp3) is 0.304. The fourth-order valence-electron chi connectivity index (χ4n) is 3.87. The minimum Gasteiger partial charge on any atom is -0.326 e. The first kappa shape index (κ1) is 24.6. The van der Waals surface area contributed by atoms with Gasteiger partial charge in [-0.15, -0.1) is 0 Å². The molecule has 0 spiro atoms. The standard InChI is InChI=1S/C23H22F3N5O3S/c1-31(35(2,33)34)22-15(4-3-9-27-22)6-8-19-17(23(24,25)26)13-28-20(29-19)11-14-5-7-18-16(10-14)12-21(32)30-18/h3-5,7,9-10,13H,6,8,11-12H2,1-2H3,(H,30,32). The zero-order valence-electron chi connectivity index (χ0n) is 18.9. The highest BCUT2D eigenvalue weighted by Gasteiger charge is 2.35. The number of benzene rings is 1. The molecule has 2 aromatic heterocycles. The second-order valence-corrected chi connectivity index (χ2v) is 10.3.